The van der Waals surface area contributed by atoms with Crippen LogP contribution in [0.5, 0.6) is 0 Å². The Balaban J connectivity index is 2.20. The molecule has 0 spiro atoms. The topological polar surface area (TPSA) is 47.3 Å². The van der Waals surface area contributed by atoms with Crippen LogP contribution in [0.2, 0.25) is 0 Å². The maximum Gasteiger partial charge on any atom is 0.0713 e. The van der Waals surface area contributed by atoms with Crippen LogP contribution in [0.25, 0.3) is 0 Å². The third kappa shape index (κ3) is 3.59. The van der Waals surface area contributed by atoms with Gasteiger partial charge in [0.05, 0.1) is 12.6 Å². The number of hydrogen-bond acceptors (Lipinski definition) is 3. The molecule has 2 rings (SSSR count). The van der Waals surface area contributed by atoms with Gasteiger partial charge in [-0.25, -0.2) is 0 Å². The van der Waals surface area contributed by atoms with Crippen LogP contribution in [-0.2, 0) is 11.3 Å². The number of aryl methyl sites for hydroxylation is 1. The molecule has 3 nitrogen and oxygen atoms in total. The highest BCUT2D eigenvalue weighted by Crippen LogP contribution is 2.22. The van der Waals surface area contributed by atoms with Gasteiger partial charge in [-0.15, -0.1) is 0 Å². The van der Waals surface area contributed by atoms with E-state index in [0.29, 0.717) is 13.2 Å². The standard InChI is InChI=1S/C17H22N2O/c1-13-6-3-4-9-16(13)19-17(11-18)15-8-5-7-14(10-15)12-20-2/h3-10,17,19H,11-12,18H2,1-2H3. The fourth-order valence-corrected chi connectivity index (χ4v) is 2.27. The Bertz CT molecular complexity index is 554. The van der Waals surface area contributed by atoms with Gasteiger partial charge in [-0.05, 0) is 29.7 Å². The van der Waals surface area contributed by atoms with E-state index in [1.165, 1.54) is 11.1 Å². The molecule has 0 aliphatic rings. The minimum absolute atomic E-state index is 0.105. The number of benzene rings is 2. The van der Waals surface area contributed by atoms with Gasteiger partial charge in [0.1, 0.15) is 0 Å². The smallest absolute Gasteiger partial charge is 0.0713 e. The second kappa shape index (κ2) is 7.08. The molecule has 20 heavy (non-hydrogen) atoms. The number of hydrogen-bond donors (Lipinski definition) is 2. The molecule has 3 N–H and O–H groups in total. The van der Waals surface area contributed by atoms with E-state index >= 15 is 0 Å². The first-order valence-corrected chi connectivity index (χ1v) is 6.84. The van der Waals surface area contributed by atoms with Crippen LogP contribution in [0, 0.1) is 6.92 Å². The molecular weight excluding hydrogens is 248 g/mol. The Kier molecular flexibility index (Phi) is 5.16. The summed E-state index contributed by atoms with van der Waals surface area (Å²) in [5.74, 6) is 0. The number of anilines is 1. The fraction of sp³-hybridized carbons (Fsp3) is 0.294. The second-order valence-electron chi connectivity index (χ2n) is 4.93. The molecule has 0 fully saturated rings. The third-order valence-corrected chi connectivity index (χ3v) is 3.37. The van der Waals surface area contributed by atoms with E-state index in [9.17, 15) is 0 Å². The molecule has 0 amide bonds. The first-order valence-electron chi connectivity index (χ1n) is 6.84. The first-order chi connectivity index (χ1) is 9.74. The minimum Gasteiger partial charge on any atom is -0.380 e. The zero-order chi connectivity index (χ0) is 14.4. The summed E-state index contributed by atoms with van der Waals surface area (Å²) in [5.41, 5.74) is 10.6. The maximum absolute atomic E-state index is 5.93. The van der Waals surface area contributed by atoms with Crippen molar-refractivity contribution in [3.63, 3.8) is 0 Å². The van der Waals surface area contributed by atoms with Gasteiger partial charge in [-0.2, -0.15) is 0 Å². The predicted molar refractivity (Wildman–Crippen MR) is 83.8 cm³/mol. The molecule has 0 saturated carbocycles. The van der Waals surface area contributed by atoms with Gasteiger partial charge in [0.2, 0.25) is 0 Å². The summed E-state index contributed by atoms with van der Waals surface area (Å²) in [7, 11) is 1.71. The molecule has 0 aliphatic heterocycles. The molecule has 0 heterocycles. The number of nitrogens with two attached hydrogens (primary N) is 1. The van der Waals surface area contributed by atoms with Gasteiger partial charge in [0.25, 0.3) is 0 Å². The van der Waals surface area contributed by atoms with Crippen molar-refractivity contribution in [2.75, 3.05) is 19.0 Å². The summed E-state index contributed by atoms with van der Waals surface area (Å²) in [4.78, 5) is 0. The Labute approximate surface area is 120 Å². The van der Waals surface area contributed by atoms with Gasteiger partial charge >= 0.3 is 0 Å². The highest BCUT2D eigenvalue weighted by molar-refractivity contribution is 5.52. The number of para-hydroxylation sites is 1. The van der Waals surface area contributed by atoms with Crippen molar-refractivity contribution in [2.24, 2.45) is 5.73 Å². The van der Waals surface area contributed by atoms with Gasteiger partial charge in [0, 0.05) is 19.3 Å². The largest absolute Gasteiger partial charge is 0.380 e. The highest BCUT2D eigenvalue weighted by Gasteiger charge is 2.11. The van der Waals surface area contributed by atoms with E-state index < -0.39 is 0 Å². The van der Waals surface area contributed by atoms with Crippen molar-refractivity contribution < 1.29 is 4.74 Å². The average molecular weight is 270 g/mol. The van der Waals surface area contributed by atoms with Crippen molar-refractivity contribution in [1.82, 2.24) is 0 Å². The summed E-state index contributed by atoms with van der Waals surface area (Å²) in [5, 5.41) is 3.52. The Morgan fingerprint density at radius 1 is 1.15 bits per heavy atom. The van der Waals surface area contributed by atoms with E-state index in [-0.39, 0.29) is 6.04 Å². The quantitative estimate of drug-likeness (QED) is 0.847. The predicted octanol–water partition coefficient (Wildman–Crippen LogP) is 3.25. The van der Waals surface area contributed by atoms with Crippen molar-refractivity contribution >= 4 is 5.69 Å². The second-order valence-corrected chi connectivity index (χ2v) is 4.93. The molecule has 1 atom stereocenters. The molecule has 0 radical (unpaired) electrons. The molecule has 1 unspecified atom stereocenters. The SMILES string of the molecule is COCc1cccc(C(CN)Nc2ccccc2C)c1. The van der Waals surface area contributed by atoms with Crippen molar-refractivity contribution in [3.8, 4) is 0 Å². The summed E-state index contributed by atoms with van der Waals surface area (Å²) >= 11 is 0. The lowest BCUT2D eigenvalue weighted by Gasteiger charge is -2.20. The summed E-state index contributed by atoms with van der Waals surface area (Å²) in [6.45, 7) is 3.26. The zero-order valence-corrected chi connectivity index (χ0v) is 12.1. The van der Waals surface area contributed by atoms with E-state index in [0.717, 1.165) is 11.3 Å². The van der Waals surface area contributed by atoms with Gasteiger partial charge in [-0.1, -0.05) is 42.5 Å². The summed E-state index contributed by atoms with van der Waals surface area (Å²) in [6, 6.07) is 16.7. The molecule has 106 valence electrons. The molecular formula is C17H22N2O. The average Bonchev–Trinajstić information content (AvgIpc) is 2.47. The molecule has 3 heteroatoms. The van der Waals surface area contributed by atoms with E-state index in [2.05, 4.69) is 42.6 Å². The lowest BCUT2D eigenvalue weighted by molar-refractivity contribution is 0.185. The van der Waals surface area contributed by atoms with Crippen LogP contribution in [0.15, 0.2) is 48.5 Å². The molecule has 2 aromatic carbocycles. The van der Waals surface area contributed by atoms with Crippen LogP contribution in [0.1, 0.15) is 22.7 Å². The summed E-state index contributed by atoms with van der Waals surface area (Å²) < 4.78 is 5.18. The Morgan fingerprint density at radius 2 is 1.95 bits per heavy atom. The van der Waals surface area contributed by atoms with E-state index in [1.807, 2.05) is 18.2 Å². The van der Waals surface area contributed by atoms with Gasteiger partial charge in [-0.3, -0.25) is 0 Å². The van der Waals surface area contributed by atoms with Crippen molar-refractivity contribution in [2.45, 2.75) is 19.6 Å². The lowest BCUT2D eigenvalue weighted by Crippen LogP contribution is -2.21. The van der Waals surface area contributed by atoms with E-state index in [4.69, 9.17) is 10.5 Å². The van der Waals surface area contributed by atoms with Crippen LogP contribution in [0.4, 0.5) is 5.69 Å². The zero-order valence-electron chi connectivity index (χ0n) is 12.1. The fourth-order valence-electron chi connectivity index (χ4n) is 2.27. The first kappa shape index (κ1) is 14.6. The van der Waals surface area contributed by atoms with Crippen LogP contribution in [0.3, 0.4) is 0 Å². The number of rotatable bonds is 6. The molecule has 0 aromatic heterocycles. The lowest BCUT2D eigenvalue weighted by atomic mass is 10.0. The molecule has 2 aromatic rings. The normalized spacial score (nSPS) is 12.2. The highest BCUT2D eigenvalue weighted by atomic mass is 16.5. The Hall–Kier alpha value is -1.84. The number of methoxy groups -OCH3 is 1. The number of nitrogens with one attached hydrogen (secondary N) is 1. The van der Waals surface area contributed by atoms with Gasteiger partial charge < -0.3 is 15.8 Å². The minimum atomic E-state index is 0.105. The van der Waals surface area contributed by atoms with Crippen molar-refractivity contribution in [3.05, 3.63) is 65.2 Å². The molecule has 0 aliphatic carbocycles. The maximum atomic E-state index is 5.93. The van der Waals surface area contributed by atoms with Crippen LogP contribution in [-0.4, -0.2) is 13.7 Å². The molecule has 0 bridgehead atoms. The summed E-state index contributed by atoms with van der Waals surface area (Å²) in [6.07, 6.45) is 0. The van der Waals surface area contributed by atoms with Gasteiger partial charge in [0.15, 0.2) is 0 Å². The molecule has 0 saturated heterocycles. The third-order valence-electron chi connectivity index (χ3n) is 3.37. The number of ether oxygens (including phenoxy) is 1. The van der Waals surface area contributed by atoms with E-state index in [1.54, 1.807) is 7.11 Å². The van der Waals surface area contributed by atoms with Crippen molar-refractivity contribution in [1.29, 1.82) is 0 Å². The van der Waals surface area contributed by atoms with Crippen LogP contribution >= 0.6 is 0 Å². The van der Waals surface area contributed by atoms with Crippen LogP contribution < -0.4 is 11.1 Å². The monoisotopic (exact) mass is 270 g/mol. The Morgan fingerprint density at radius 3 is 2.65 bits per heavy atom.